The Morgan fingerprint density at radius 3 is 2.61 bits per heavy atom. The Labute approximate surface area is 198 Å². The maximum atomic E-state index is 12.7. The molecule has 0 aliphatic heterocycles. The van der Waals surface area contributed by atoms with Crippen molar-refractivity contribution < 1.29 is 9.59 Å². The van der Waals surface area contributed by atoms with Crippen LogP contribution in [0.2, 0.25) is 0 Å². The van der Waals surface area contributed by atoms with Gasteiger partial charge in [-0.05, 0) is 43.5 Å². The minimum atomic E-state index is -0.368. The second-order valence-corrected chi connectivity index (χ2v) is 8.54. The first-order valence-electron chi connectivity index (χ1n) is 10.9. The lowest BCUT2D eigenvalue weighted by Gasteiger charge is -2.15. The summed E-state index contributed by atoms with van der Waals surface area (Å²) in [6, 6.07) is 14.7. The van der Waals surface area contributed by atoms with Crippen molar-refractivity contribution in [1.82, 2.24) is 20.1 Å². The van der Waals surface area contributed by atoms with Crippen molar-refractivity contribution in [3.05, 3.63) is 83.7 Å². The van der Waals surface area contributed by atoms with Gasteiger partial charge in [0.1, 0.15) is 0 Å². The van der Waals surface area contributed by atoms with Gasteiger partial charge >= 0.3 is 0 Å². The zero-order valence-corrected chi connectivity index (χ0v) is 20.0. The van der Waals surface area contributed by atoms with Gasteiger partial charge in [0.05, 0.1) is 11.8 Å². The first-order valence-corrected chi connectivity index (χ1v) is 11.8. The Hall–Kier alpha value is -3.39. The second-order valence-electron chi connectivity index (χ2n) is 7.60. The monoisotopic (exact) mass is 463 g/mol. The van der Waals surface area contributed by atoms with Crippen LogP contribution in [0.4, 0.5) is 5.69 Å². The average Bonchev–Trinajstić information content (AvgIpc) is 3.22. The van der Waals surface area contributed by atoms with E-state index in [9.17, 15) is 9.59 Å². The molecule has 0 saturated heterocycles. The van der Waals surface area contributed by atoms with Crippen LogP contribution in [-0.4, -0.2) is 32.3 Å². The van der Waals surface area contributed by atoms with Crippen LogP contribution in [0.5, 0.6) is 0 Å². The quantitative estimate of drug-likeness (QED) is 0.340. The molecule has 0 spiro atoms. The summed E-state index contributed by atoms with van der Waals surface area (Å²) in [5, 5.41) is 15.1. The van der Waals surface area contributed by atoms with Gasteiger partial charge in [0, 0.05) is 17.8 Å². The van der Waals surface area contributed by atoms with Gasteiger partial charge in [0.25, 0.3) is 5.91 Å². The maximum absolute atomic E-state index is 12.7. The zero-order valence-electron chi connectivity index (χ0n) is 19.2. The fourth-order valence-electron chi connectivity index (χ4n) is 3.47. The van der Waals surface area contributed by atoms with Crippen LogP contribution in [0.3, 0.4) is 0 Å². The number of rotatable bonds is 10. The second kappa shape index (κ2) is 11.5. The molecule has 33 heavy (non-hydrogen) atoms. The molecular weight excluding hydrogens is 434 g/mol. The fourth-order valence-corrected chi connectivity index (χ4v) is 4.22. The number of amides is 2. The van der Waals surface area contributed by atoms with Crippen LogP contribution < -0.4 is 10.6 Å². The van der Waals surface area contributed by atoms with E-state index in [1.54, 1.807) is 18.2 Å². The summed E-state index contributed by atoms with van der Waals surface area (Å²) in [4.78, 5) is 25.2. The smallest absolute Gasteiger partial charge is 0.251 e. The molecule has 0 aliphatic rings. The third-order valence-corrected chi connectivity index (χ3v) is 6.13. The minimum Gasteiger partial charge on any atom is -0.342 e. The predicted octanol–water partition coefficient (Wildman–Crippen LogP) is 4.56. The molecule has 2 N–H and O–H groups in total. The number of hydrogen-bond donors (Lipinski definition) is 2. The van der Waals surface area contributed by atoms with E-state index in [4.69, 9.17) is 0 Å². The van der Waals surface area contributed by atoms with E-state index in [1.807, 2.05) is 54.8 Å². The lowest BCUT2D eigenvalue weighted by atomic mass is 10.1. The molecule has 0 radical (unpaired) electrons. The number of carbonyl (C=O) groups excluding carboxylic acids is 2. The number of anilines is 1. The van der Waals surface area contributed by atoms with Gasteiger partial charge in [-0.2, -0.15) is 0 Å². The number of benzene rings is 2. The summed E-state index contributed by atoms with van der Waals surface area (Å²) < 4.78 is 1.87. The minimum absolute atomic E-state index is 0.107. The van der Waals surface area contributed by atoms with Gasteiger partial charge in [0.15, 0.2) is 11.0 Å². The molecule has 2 amide bonds. The summed E-state index contributed by atoms with van der Waals surface area (Å²) in [5.74, 6) is 0.505. The van der Waals surface area contributed by atoms with E-state index >= 15 is 0 Å². The molecule has 0 saturated carbocycles. The number of thioether (sulfide) groups is 1. The van der Waals surface area contributed by atoms with Crippen molar-refractivity contribution in [3.63, 3.8) is 0 Å². The summed E-state index contributed by atoms with van der Waals surface area (Å²) in [7, 11) is 0. The molecule has 0 fully saturated rings. The largest absolute Gasteiger partial charge is 0.342 e. The molecule has 3 rings (SSSR count). The maximum Gasteiger partial charge on any atom is 0.251 e. The number of para-hydroxylation sites is 1. The molecule has 0 aliphatic carbocycles. The van der Waals surface area contributed by atoms with Crippen molar-refractivity contribution in [1.29, 1.82) is 0 Å². The summed E-state index contributed by atoms with van der Waals surface area (Å²) in [5.41, 5.74) is 3.59. The zero-order chi connectivity index (χ0) is 23.8. The standard InChI is InChI=1S/C25H29N5O2S/c1-5-15-30-23(18(4)26-24(32)20-12-8-7-9-13-20)28-29-25(30)33-16-21(31)27-22-17(3)11-10-14-19(22)6-2/h5,7-14,18H,1,6,15-16H2,2-4H3,(H,26,32)(H,27,31)/t18-/m0/s1. The molecule has 1 heterocycles. The Morgan fingerprint density at radius 2 is 1.91 bits per heavy atom. The third-order valence-electron chi connectivity index (χ3n) is 5.16. The van der Waals surface area contributed by atoms with E-state index in [1.165, 1.54) is 11.8 Å². The van der Waals surface area contributed by atoms with Crippen molar-refractivity contribution >= 4 is 29.3 Å². The highest BCUT2D eigenvalue weighted by atomic mass is 32.2. The molecule has 172 valence electrons. The van der Waals surface area contributed by atoms with E-state index in [2.05, 4.69) is 34.3 Å². The summed E-state index contributed by atoms with van der Waals surface area (Å²) in [6.07, 6.45) is 2.58. The number of nitrogens with one attached hydrogen (secondary N) is 2. The Balaban J connectivity index is 1.68. The van der Waals surface area contributed by atoms with Crippen LogP contribution in [0, 0.1) is 6.92 Å². The van der Waals surface area contributed by atoms with Crippen LogP contribution >= 0.6 is 11.8 Å². The number of hydrogen-bond acceptors (Lipinski definition) is 5. The van der Waals surface area contributed by atoms with Crippen molar-refractivity contribution in [2.75, 3.05) is 11.1 Å². The number of allylic oxidation sites excluding steroid dienone is 1. The van der Waals surface area contributed by atoms with Gasteiger partial charge in [0.2, 0.25) is 5.91 Å². The molecule has 7 nitrogen and oxygen atoms in total. The van der Waals surface area contributed by atoms with E-state index in [0.29, 0.717) is 23.1 Å². The number of aromatic nitrogens is 3. The van der Waals surface area contributed by atoms with Gasteiger partial charge in [-0.3, -0.25) is 9.59 Å². The van der Waals surface area contributed by atoms with E-state index in [-0.39, 0.29) is 23.6 Å². The molecule has 0 unspecified atom stereocenters. The lowest BCUT2D eigenvalue weighted by Crippen LogP contribution is -2.28. The van der Waals surface area contributed by atoms with Crippen LogP contribution in [0.15, 0.2) is 66.3 Å². The highest BCUT2D eigenvalue weighted by molar-refractivity contribution is 7.99. The SMILES string of the molecule is C=CCn1c(SCC(=O)Nc2c(C)cccc2CC)nnc1[C@H](C)NC(=O)c1ccccc1. The number of carbonyl (C=O) groups is 2. The molecule has 2 aromatic carbocycles. The predicted molar refractivity (Wildman–Crippen MR) is 132 cm³/mol. The van der Waals surface area contributed by atoms with Crippen LogP contribution in [-0.2, 0) is 17.8 Å². The lowest BCUT2D eigenvalue weighted by molar-refractivity contribution is -0.113. The summed E-state index contributed by atoms with van der Waals surface area (Å²) >= 11 is 1.30. The van der Waals surface area contributed by atoms with Gasteiger partial charge in [-0.15, -0.1) is 16.8 Å². The highest BCUT2D eigenvalue weighted by Crippen LogP contribution is 2.24. The first-order chi connectivity index (χ1) is 15.9. The molecule has 1 aromatic heterocycles. The Bertz CT molecular complexity index is 1130. The van der Waals surface area contributed by atoms with Gasteiger partial charge < -0.3 is 15.2 Å². The molecule has 0 bridgehead atoms. The average molecular weight is 464 g/mol. The topological polar surface area (TPSA) is 88.9 Å². The van der Waals surface area contributed by atoms with Crippen molar-refractivity contribution in [2.24, 2.45) is 0 Å². The fraction of sp³-hybridized carbons (Fsp3) is 0.280. The van der Waals surface area contributed by atoms with Crippen LogP contribution in [0.25, 0.3) is 0 Å². The first kappa shape index (κ1) is 24.3. The van der Waals surface area contributed by atoms with E-state index < -0.39 is 0 Å². The molecular formula is C25H29N5O2S. The normalized spacial score (nSPS) is 11.6. The van der Waals surface area contributed by atoms with Crippen LogP contribution in [0.1, 0.15) is 47.2 Å². The Kier molecular flexibility index (Phi) is 8.43. The molecule has 8 heteroatoms. The third kappa shape index (κ3) is 6.10. The van der Waals surface area contributed by atoms with E-state index in [0.717, 1.165) is 23.2 Å². The van der Waals surface area contributed by atoms with Gasteiger partial charge in [-0.25, -0.2) is 0 Å². The van der Waals surface area contributed by atoms with Crippen molar-refractivity contribution in [2.45, 2.75) is 44.9 Å². The highest BCUT2D eigenvalue weighted by Gasteiger charge is 2.20. The summed E-state index contributed by atoms with van der Waals surface area (Å²) in [6.45, 7) is 10.2. The molecule has 1 atom stereocenters. The number of nitrogens with zero attached hydrogens (tertiary/aromatic N) is 3. The number of aryl methyl sites for hydroxylation is 2. The van der Waals surface area contributed by atoms with Gasteiger partial charge in [-0.1, -0.05) is 61.2 Å². The molecule has 3 aromatic rings. The Morgan fingerprint density at radius 1 is 1.15 bits per heavy atom. The van der Waals surface area contributed by atoms with Crippen molar-refractivity contribution in [3.8, 4) is 0 Å².